The Labute approximate surface area is 214 Å². The van der Waals surface area contributed by atoms with Crippen molar-refractivity contribution < 1.29 is 28.0 Å². The molecule has 10 nitrogen and oxygen atoms in total. The van der Waals surface area contributed by atoms with E-state index in [4.69, 9.17) is 19.6 Å². The van der Waals surface area contributed by atoms with Crippen LogP contribution in [0.15, 0.2) is 20.8 Å². The molecule has 4 N–H and O–H groups in total. The molecule has 0 saturated heterocycles. The Bertz CT molecular complexity index is 996. The minimum absolute atomic E-state index is 0.0519. The molecule has 35 heavy (non-hydrogen) atoms. The summed E-state index contributed by atoms with van der Waals surface area (Å²) in [5.74, 6) is 0.194. The molecule has 0 bridgehead atoms. The SMILES string of the molecule is CCCSc1sc(N)nc1-c1ccc(P(=O)(N[C@@H](CC)C(=O)OCC)N[C@@H](CC)C(=O)OCC)o1. The molecule has 2 rings (SSSR count). The molecule has 0 fully saturated rings. The van der Waals surface area contributed by atoms with Crippen LogP contribution in [-0.4, -0.2) is 48.0 Å². The van der Waals surface area contributed by atoms with E-state index < -0.39 is 31.5 Å². The second-order valence-electron chi connectivity index (χ2n) is 7.47. The van der Waals surface area contributed by atoms with Crippen LogP contribution in [0, 0.1) is 0 Å². The van der Waals surface area contributed by atoms with Gasteiger partial charge in [-0.3, -0.25) is 14.2 Å². The first-order valence-corrected chi connectivity index (χ1v) is 15.2. The van der Waals surface area contributed by atoms with Crippen LogP contribution in [0.3, 0.4) is 0 Å². The van der Waals surface area contributed by atoms with Crippen LogP contribution >= 0.6 is 30.5 Å². The lowest BCUT2D eigenvalue weighted by Crippen LogP contribution is -2.46. The largest absolute Gasteiger partial charge is 0.465 e. The number of nitrogen functional groups attached to an aromatic ring is 1. The van der Waals surface area contributed by atoms with E-state index in [0.717, 1.165) is 16.4 Å². The normalized spacial score (nSPS) is 13.4. The summed E-state index contributed by atoms with van der Waals surface area (Å²) in [5, 5.41) is 6.17. The number of thioether (sulfide) groups is 1. The number of hydrogen-bond acceptors (Lipinski definition) is 10. The van der Waals surface area contributed by atoms with Gasteiger partial charge in [0.1, 0.15) is 17.8 Å². The third-order valence-electron chi connectivity index (χ3n) is 4.82. The number of rotatable bonds is 15. The molecule has 13 heteroatoms. The fourth-order valence-corrected chi connectivity index (χ4v) is 7.38. The minimum atomic E-state index is -3.83. The van der Waals surface area contributed by atoms with Gasteiger partial charge in [0.2, 0.25) is 0 Å². The number of esters is 2. The van der Waals surface area contributed by atoms with Crippen LogP contribution in [0.1, 0.15) is 53.9 Å². The summed E-state index contributed by atoms with van der Waals surface area (Å²) < 4.78 is 31.5. The van der Waals surface area contributed by atoms with E-state index in [2.05, 4.69) is 22.1 Å². The molecule has 196 valence electrons. The molecular formula is C22H35N4O6PS2. The molecule has 0 amide bonds. The average molecular weight is 547 g/mol. The molecule has 0 spiro atoms. The van der Waals surface area contributed by atoms with E-state index >= 15 is 0 Å². The van der Waals surface area contributed by atoms with Gasteiger partial charge in [0.15, 0.2) is 16.4 Å². The number of hydrogen-bond donors (Lipinski definition) is 3. The Hall–Kier alpha value is -1.85. The van der Waals surface area contributed by atoms with Crippen LogP contribution in [0.2, 0.25) is 0 Å². The number of nitrogens with zero attached hydrogens (tertiary/aromatic N) is 1. The van der Waals surface area contributed by atoms with E-state index in [9.17, 15) is 14.2 Å². The number of aromatic nitrogens is 1. The van der Waals surface area contributed by atoms with Crippen LogP contribution in [0.4, 0.5) is 5.13 Å². The highest BCUT2D eigenvalue weighted by Crippen LogP contribution is 2.42. The van der Waals surface area contributed by atoms with Gasteiger partial charge in [0.25, 0.3) is 7.44 Å². The van der Waals surface area contributed by atoms with Crippen LogP contribution in [0.25, 0.3) is 11.5 Å². The Morgan fingerprint density at radius 2 is 1.66 bits per heavy atom. The zero-order valence-corrected chi connectivity index (χ0v) is 23.3. The molecule has 0 aliphatic rings. The van der Waals surface area contributed by atoms with E-state index in [1.807, 2.05) is 0 Å². The molecule has 2 heterocycles. The maximum Gasteiger partial charge on any atom is 0.323 e. The first-order chi connectivity index (χ1) is 16.7. The number of nitrogens with two attached hydrogens (primary N) is 1. The first-order valence-electron chi connectivity index (χ1n) is 11.7. The van der Waals surface area contributed by atoms with Crippen molar-refractivity contribution in [3.63, 3.8) is 0 Å². The lowest BCUT2D eigenvalue weighted by molar-refractivity contribution is -0.145. The van der Waals surface area contributed by atoms with E-state index in [1.165, 1.54) is 11.3 Å². The number of furan rings is 1. The van der Waals surface area contributed by atoms with Crippen molar-refractivity contribution in [2.45, 2.75) is 70.2 Å². The van der Waals surface area contributed by atoms with E-state index in [0.29, 0.717) is 29.4 Å². The third-order valence-corrected chi connectivity index (χ3v) is 9.38. The van der Waals surface area contributed by atoms with Gasteiger partial charge in [0.05, 0.1) is 17.4 Å². The number of carbonyl (C=O) groups excluding carboxylic acids is 2. The molecular weight excluding hydrogens is 511 g/mol. The van der Waals surface area contributed by atoms with Crippen molar-refractivity contribution in [2.24, 2.45) is 0 Å². The number of carbonyl (C=O) groups is 2. The summed E-state index contributed by atoms with van der Waals surface area (Å²) >= 11 is 2.98. The second kappa shape index (κ2) is 14.0. The predicted molar refractivity (Wildman–Crippen MR) is 140 cm³/mol. The Balaban J connectivity index is 2.47. The van der Waals surface area contributed by atoms with E-state index in [1.54, 1.807) is 51.6 Å². The molecule has 0 saturated carbocycles. The second-order valence-corrected chi connectivity index (χ2v) is 12.0. The van der Waals surface area contributed by atoms with Gasteiger partial charge in [-0.25, -0.2) is 15.2 Å². The number of thiazole rings is 1. The van der Waals surface area contributed by atoms with Gasteiger partial charge in [-0.2, -0.15) is 0 Å². The van der Waals surface area contributed by atoms with Crippen LogP contribution < -0.4 is 21.4 Å². The predicted octanol–water partition coefficient (Wildman–Crippen LogP) is 4.17. The maximum absolute atomic E-state index is 14.3. The molecule has 2 aromatic heterocycles. The molecule has 2 atom stereocenters. The average Bonchev–Trinajstić information content (AvgIpc) is 3.47. The van der Waals surface area contributed by atoms with Crippen molar-refractivity contribution in [1.82, 2.24) is 15.2 Å². The smallest absolute Gasteiger partial charge is 0.323 e. The van der Waals surface area contributed by atoms with Gasteiger partial charge in [-0.1, -0.05) is 32.1 Å². The molecule has 0 aromatic carbocycles. The van der Waals surface area contributed by atoms with Gasteiger partial charge >= 0.3 is 11.9 Å². The van der Waals surface area contributed by atoms with E-state index in [-0.39, 0.29) is 18.7 Å². The van der Waals surface area contributed by atoms with Crippen molar-refractivity contribution in [1.29, 1.82) is 0 Å². The van der Waals surface area contributed by atoms with Gasteiger partial charge < -0.3 is 19.6 Å². The molecule has 0 unspecified atom stereocenters. The minimum Gasteiger partial charge on any atom is -0.465 e. The Morgan fingerprint density at radius 1 is 1.09 bits per heavy atom. The van der Waals surface area contributed by atoms with Gasteiger partial charge in [0, 0.05) is 0 Å². The summed E-state index contributed by atoms with van der Waals surface area (Å²) in [5.41, 5.74) is 6.56. The molecule has 0 radical (unpaired) electrons. The summed E-state index contributed by atoms with van der Waals surface area (Å²) in [6, 6.07) is 1.45. The Morgan fingerprint density at radius 3 is 2.14 bits per heavy atom. The summed E-state index contributed by atoms with van der Waals surface area (Å²) in [7, 11) is -3.83. The van der Waals surface area contributed by atoms with Crippen molar-refractivity contribution in [2.75, 3.05) is 24.7 Å². The summed E-state index contributed by atoms with van der Waals surface area (Å²) in [6.45, 7) is 9.38. The molecule has 0 aliphatic heterocycles. The highest BCUT2D eigenvalue weighted by Gasteiger charge is 2.38. The third kappa shape index (κ3) is 7.82. The van der Waals surface area contributed by atoms with Crippen LogP contribution in [0.5, 0.6) is 0 Å². The highest BCUT2D eigenvalue weighted by atomic mass is 32.2. The lowest BCUT2D eigenvalue weighted by atomic mass is 10.2. The monoisotopic (exact) mass is 546 g/mol. The van der Waals surface area contributed by atoms with Crippen molar-refractivity contribution in [3.05, 3.63) is 12.1 Å². The fourth-order valence-electron chi connectivity index (χ4n) is 3.10. The molecule has 2 aromatic rings. The standard InChI is InChI=1S/C22H35N4O6PS2/c1-6-13-34-21-18(24-22(23)35-21)16-11-12-17(32-16)33(29,25-14(7-2)19(27)30-9-4)26-15(8-3)20(28)31-10-5/h11-12,14-15H,6-10,13H2,1-5H3,(H2,23,24)(H2,25,26,29)/t14-,15-/m0/s1. The van der Waals surface area contributed by atoms with Crippen LogP contribution in [-0.2, 0) is 23.6 Å². The quantitative estimate of drug-likeness (QED) is 0.168. The van der Waals surface area contributed by atoms with Gasteiger partial charge in [-0.05, 0) is 51.0 Å². The fraction of sp³-hybridized carbons (Fsp3) is 0.591. The van der Waals surface area contributed by atoms with Crippen molar-refractivity contribution in [3.8, 4) is 11.5 Å². The summed E-state index contributed by atoms with van der Waals surface area (Å²) in [4.78, 5) is 29.3. The first kappa shape index (κ1) is 29.4. The zero-order chi connectivity index (χ0) is 26.0. The number of ether oxygens (including phenoxy) is 2. The Kier molecular flexibility index (Phi) is 11.8. The topological polar surface area (TPSA) is 146 Å². The van der Waals surface area contributed by atoms with Gasteiger partial charge in [-0.15, -0.1) is 11.8 Å². The zero-order valence-electron chi connectivity index (χ0n) is 20.8. The summed E-state index contributed by atoms with van der Waals surface area (Å²) in [6.07, 6.45) is 1.61. The number of anilines is 1. The number of nitrogens with one attached hydrogen (secondary N) is 2. The lowest BCUT2D eigenvalue weighted by Gasteiger charge is -2.26. The highest BCUT2D eigenvalue weighted by molar-refractivity contribution is 8.01. The van der Waals surface area contributed by atoms with Crippen molar-refractivity contribution >= 4 is 53.1 Å². The maximum atomic E-state index is 14.3. The molecule has 0 aliphatic carbocycles.